The zero-order valence-electron chi connectivity index (χ0n) is 12.0. The summed E-state index contributed by atoms with van der Waals surface area (Å²) in [6, 6.07) is 15.7. The number of hydrogen-bond donors (Lipinski definition) is 1. The zero-order chi connectivity index (χ0) is 15.6. The molecule has 6 heteroatoms. The minimum atomic E-state index is 0.557. The number of halogens is 1. The molecule has 0 aliphatic heterocycles. The molecule has 0 unspecified atom stereocenters. The van der Waals surface area contributed by atoms with E-state index in [0.29, 0.717) is 16.9 Å². The lowest BCUT2D eigenvalue weighted by atomic mass is 10.2. The molecule has 0 bridgehead atoms. The molecule has 4 nitrogen and oxygen atoms in total. The van der Waals surface area contributed by atoms with Crippen LogP contribution in [0.1, 0.15) is 4.88 Å². The summed E-state index contributed by atoms with van der Waals surface area (Å²) in [7, 11) is 0. The molecule has 2 aromatic heterocycles. The van der Waals surface area contributed by atoms with Crippen molar-refractivity contribution >= 4 is 39.7 Å². The molecule has 0 aliphatic carbocycles. The average molecular weight is 342 g/mol. The van der Waals surface area contributed by atoms with E-state index in [9.17, 15) is 0 Å². The van der Waals surface area contributed by atoms with E-state index in [1.165, 1.54) is 11.3 Å². The molecule has 2 heterocycles. The third-order valence-electron chi connectivity index (χ3n) is 3.40. The summed E-state index contributed by atoms with van der Waals surface area (Å²) in [6.07, 6.45) is 1.78. The van der Waals surface area contributed by atoms with Gasteiger partial charge in [-0.15, -0.1) is 11.3 Å². The molecule has 0 spiro atoms. The van der Waals surface area contributed by atoms with Gasteiger partial charge in [0.25, 0.3) is 0 Å². The molecule has 4 rings (SSSR count). The average Bonchev–Trinajstić information content (AvgIpc) is 3.19. The SMILES string of the molecule is Clc1ncc(CNc2cccc(-c3nc4ccccc4o3)c2)s1. The standard InChI is InChI=1S/C17H12ClN3OS/c18-17-20-10-13(23-17)9-19-12-5-3-4-11(8-12)16-21-14-6-1-2-7-15(14)22-16/h1-8,10,19H,9H2. The molecule has 114 valence electrons. The van der Waals surface area contributed by atoms with E-state index in [0.717, 1.165) is 27.2 Å². The highest BCUT2D eigenvalue weighted by Gasteiger charge is 2.08. The van der Waals surface area contributed by atoms with Crippen molar-refractivity contribution in [3.8, 4) is 11.5 Å². The van der Waals surface area contributed by atoms with Gasteiger partial charge in [0.2, 0.25) is 5.89 Å². The van der Waals surface area contributed by atoms with Crippen LogP contribution in [0, 0.1) is 0 Å². The molecule has 4 aromatic rings. The number of fused-ring (bicyclic) bond motifs is 1. The molecule has 0 saturated heterocycles. The first-order valence-corrected chi connectivity index (χ1v) is 8.27. The lowest BCUT2D eigenvalue weighted by Gasteiger charge is -2.05. The van der Waals surface area contributed by atoms with Gasteiger partial charge in [-0.05, 0) is 30.3 Å². The van der Waals surface area contributed by atoms with E-state index in [1.807, 2.05) is 48.5 Å². The quantitative estimate of drug-likeness (QED) is 0.553. The number of oxazole rings is 1. The van der Waals surface area contributed by atoms with Gasteiger partial charge in [0.15, 0.2) is 10.0 Å². The second kappa shape index (κ2) is 6.02. The number of rotatable bonds is 4. The van der Waals surface area contributed by atoms with E-state index in [2.05, 4.69) is 15.3 Å². The number of nitrogens with one attached hydrogen (secondary N) is 1. The first kappa shape index (κ1) is 14.2. The van der Waals surface area contributed by atoms with Crippen LogP contribution in [0.25, 0.3) is 22.6 Å². The maximum atomic E-state index is 5.85. The molecule has 0 saturated carbocycles. The van der Waals surface area contributed by atoms with Crippen LogP contribution in [0.4, 0.5) is 5.69 Å². The Balaban J connectivity index is 1.58. The van der Waals surface area contributed by atoms with Crippen molar-refractivity contribution in [2.75, 3.05) is 5.32 Å². The number of benzene rings is 2. The fourth-order valence-corrected chi connectivity index (χ4v) is 3.23. The van der Waals surface area contributed by atoms with E-state index in [-0.39, 0.29) is 0 Å². The van der Waals surface area contributed by atoms with Gasteiger partial charge >= 0.3 is 0 Å². The second-order valence-electron chi connectivity index (χ2n) is 5.00. The first-order chi connectivity index (χ1) is 11.3. The fourth-order valence-electron chi connectivity index (χ4n) is 2.31. The van der Waals surface area contributed by atoms with Crippen LogP contribution >= 0.6 is 22.9 Å². The summed E-state index contributed by atoms with van der Waals surface area (Å²) in [5.41, 5.74) is 3.59. The van der Waals surface area contributed by atoms with Gasteiger partial charge in [-0.3, -0.25) is 0 Å². The topological polar surface area (TPSA) is 51.0 Å². The van der Waals surface area contributed by atoms with Crippen molar-refractivity contribution in [2.45, 2.75) is 6.54 Å². The van der Waals surface area contributed by atoms with Crippen LogP contribution in [0.15, 0.2) is 59.1 Å². The van der Waals surface area contributed by atoms with Crippen LogP contribution in [-0.4, -0.2) is 9.97 Å². The highest BCUT2D eigenvalue weighted by molar-refractivity contribution is 7.15. The van der Waals surface area contributed by atoms with Gasteiger partial charge in [0, 0.05) is 22.3 Å². The number of hydrogen-bond acceptors (Lipinski definition) is 5. The van der Waals surface area contributed by atoms with Crippen LogP contribution < -0.4 is 5.32 Å². The van der Waals surface area contributed by atoms with Gasteiger partial charge in [-0.1, -0.05) is 29.8 Å². The summed E-state index contributed by atoms with van der Waals surface area (Å²) < 4.78 is 6.37. The maximum absolute atomic E-state index is 5.85. The number of thiazole rings is 1. The zero-order valence-corrected chi connectivity index (χ0v) is 13.6. The number of anilines is 1. The Bertz CT molecular complexity index is 930. The molecular weight excluding hydrogens is 330 g/mol. The largest absolute Gasteiger partial charge is 0.436 e. The van der Waals surface area contributed by atoms with Crippen molar-refractivity contribution in [1.29, 1.82) is 0 Å². The number of aromatic nitrogens is 2. The molecule has 0 radical (unpaired) electrons. The highest BCUT2D eigenvalue weighted by Crippen LogP contribution is 2.26. The minimum absolute atomic E-state index is 0.557. The molecule has 1 N–H and O–H groups in total. The summed E-state index contributed by atoms with van der Waals surface area (Å²) in [5, 5.41) is 3.36. The minimum Gasteiger partial charge on any atom is -0.436 e. The normalized spacial score (nSPS) is 11.0. The van der Waals surface area contributed by atoms with Gasteiger partial charge < -0.3 is 9.73 Å². The van der Waals surface area contributed by atoms with Gasteiger partial charge in [0.05, 0.1) is 6.54 Å². The van der Waals surface area contributed by atoms with Crippen LogP contribution in [0.5, 0.6) is 0 Å². The third-order valence-corrected chi connectivity index (χ3v) is 4.51. The smallest absolute Gasteiger partial charge is 0.227 e. The second-order valence-corrected chi connectivity index (χ2v) is 6.70. The summed E-state index contributed by atoms with van der Waals surface area (Å²) >= 11 is 7.32. The molecule has 2 aromatic carbocycles. The van der Waals surface area contributed by atoms with Crippen molar-refractivity contribution < 1.29 is 4.42 Å². The Morgan fingerprint density at radius 3 is 2.87 bits per heavy atom. The van der Waals surface area contributed by atoms with Crippen molar-refractivity contribution in [2.24, 2.45) is 0 Å². The molecule has 23 heavy (non-hydrogen) atoms. The third kappa shape index (κ3) is 3.06. The van der Waals surface area contributed by atoms with Gasteiger partial charge in [-0.25, -0.2) is 9.97 Å². The summed E-state index contributed by atoms with van der Waals surface area (Å²) in [6.45, 7) is 0.682. The molecule has 0 fully saturated rings. The first-order valence-electron chi connectivity index (χ1n) is 7.08. The number of nitrogens with zero attached hydrogens (tertiary/aromatic N) is 2. The monoisotopic (exact) mass is 341 g/mol. The molecule has 0 aliphatic rings. The molecule has 0 amide bonds. The van der Waals surface area contributed by atoms with E-state index < -0.39 is 0 Å². The van der Waals surface area contributed by atoms with Crippen molar-refractivity contribution in [3.05, 3.63) is 64.1 Å². The van der Waals surface area contributed by atoms with Crippen LogP contribution in [-0.2, 0) is 6.54 Å². The lowest BCUT2D eigenvalue weighted by molar-refractivity contribution is 0.620. The fraction of sp³-hybridized carbons (Fsp3) is 0.0588. The lowest BCUT2D eigenvalue weighted by Crippen LogP contribution is -1.97. The predicted molar refractivity (Wildman–Crippen MR) is 93.9 cm³/mol. The molecule has 0 atom stereocenters. The Labute approximate surface area is 141 Å². The van der Waals surface area contributed by atoms with Crippen molar-refractivity contribution in [1.82, 2.24) is 9.97 Å². The van der Waals surface area contributed by atoms with Gasteiger partial charge in [0.1, 0.15) is 5.52 Å². The summed E-state index contributed by atoms with van der Waals surface area (Å²) in [5.74, 6) is 0.621. The van der Waals surface area contributed by atoms with Crippen LogP contribution in [0.2, 0.25) is 4.47 Å². The van der Waals surface area contributed by atoms with E-state index in [1.54, 1.807) is 6.20 Å². The maximum Gasteiger partial charge on any atom is 0.227 e. The Morgan fingerprint density at radius 1 is 1.13 bits per heavy atom. The highest BCUT2D eigenvalue weighted by atomic mass is 35.5. The van der Waals surface area contributed by atoms with E-state index in [4.69, 9.17) is 16.0 Å². The van der Waals surface area contributed by atoms with Crippen LogP contribution in [0.3, 0.4) is 0 Å². The molecular formula is C17H12ClN3OS. The summed E-state index contributed by atoms with van der Waals surface area (Å²) in [4.78, 5) is 9.65. The van der Waals surface area contributed by atoms with E-state index >= 15 is 0 Å². The Hall–Kier alpha value is -2.37. The Morgan fingerprint density at radius 2 is 2.04 bits per heavy atom. The van der Waals surface area contributed by atoms with Crippen molar-refractivity contribution in [3.63, 3.8) is 0 Å². The van der Waals surface area contributed by atoms with Gasteiger partial charge in [-0.2, -0.15) is 0 Å². The number of para-hydroxylation sites is 2. The Kier molecular flexibility index (Phi) is 3.73. The predicted octanol–water partition coefficient (Wildman–Crippen LogP) is 5.22.